The lowest BCUT2D eigenvalue weighted by molar-refractivity contribution is 0.0696. The summed E-state index contributed by atoms with van der Waals surface area (Å²) < 4.78 is 10.5. The average molecular weight is 420 g/mol. The van der Waals surface area contributed by atoms with Gasteiger partial charge in [0, 0.05) is 16.9 Å². The first kappa shape index (κ1) is 21.4. The Morgan fingerprint density at radius 2 is 1.29 bits per heavy atom. The van der Waals surface area contributed by atoms with Gasteiger partial charge in [0.25, 0.3) is 11.8 Å². The van der Waals surface area contributed by atoms with Gasteiger partial charge in [-0.1, -0.05) is 12.1 Å². The van der Waals surface area contributed by atoms with E-state index in [1.807, 2.05) is 0 Å². The lowest BCUT2D eigenvalue weighted by atomic mass is 10.1. The van der Waals surface area contributed by atoms with E-state index in [1.54, 1.807) is 36.4 Å². The van der Waals surface area contributed by atoms with Gasteiger partial charge in [0.1, 0.15) is 17.1 Å². The zero-order valence-corrected chi connectivity index (χ0v) is 16.8. The molecule has 0 fully saturated rings. The molecule has 8 nitrogen and oxygen atoms in total. The van der Waals surface area contributed by atoms with Crippen LogP contribution in [0.15, 0.2) is 66.7 Å². The fraction of sp³-hybridized carbons (Fsp3) is 0.0870. The molecule has 158 valence electrons. The molecular weight excluding hydrogens is 400 g/mol. The summed E-state index contributed by atoms with van der Waals surface area (Å²) in [5, 5.41) is 14.4. The number of ether oxygens (including phenoxy) is 2. The summed E-state index contributed by atoms with van der Waals surface area (Å²) in [6.45, 7) is 0. The Morgan fingerprint density at radius 1 is 0.710 bits per heavy atom. The van der Waals surface area contributed by atoms with E-state index >= 15 is 0 Å². The Balaban J connectivity index is 1.77. The van der Waals surface area contributed by atoms with Crippen LogP contribution in [0.25, 0.3) is 0 Å². The highest BCUT2D eigenvalue weighted by atomic mass is 16.5. The van der Waals surface area contributed by atoms with Gasteiger partial charge in [0.05, 0.1) is 19.8 Å². The molecule has 0 heterocycles. The number of anilines is 2. The van der Waals surface area contributed by atoms with Crippen molar-refractivity contribution in [3.63, 3.8) is 0 Å². The number of rotatable bonds is 7. The average Bonchev–Trinajstić information content (AvgIpc) is 2.78. The number of aromatic carboxylic acids is 1. The fourth-order valence-electron chi connectivity index (χ4n) is 2.91. The Morgan fingerprint density at radius 3 is 1.87 bits per heavy atom. The Labute approximate surface area is 178 Å². The number of nitrogens with one attached hydrogen (secondary N) is 2. The van der Waals surface area contributed by atoms with E-state index in [0.717, 1.165) is 0 Å². The Hall–Kier alpha value is -4.33. The van der Waals surface area contributed by atoms with Crippen molar-refractivity contribution < 1.29 is 29.0 Å². The minimum absolute atomic E-state index is 0.120. The topological polar surface area (TPSA) is 114 Å². The van der Waals surface area contributed by atoms with Crippen LogP contribution >= 0.6 is 0 Å². The molecule has 3 aromatic carbocycles. The molecule has 0 aliphatic carbocycles. The molecule has 3 rings (SSSR count). The lowest BCUT2D eigenvalue weighted by Gasteiger charge is -2.13. The highest BCUT2D eigenvalue weighted by molar-refractivity contribution is 6.09. The van der Waals surface area contributed by atoms with E-state index in [9.17, 15) is 14.4 Å². The van der Waals surface area contributed by atoms with Crippen molar-refractivity contribution in [2.45, 2.75) is 0 Å². The molecule has 0 atom stereocenters. The monoisotopic (exact) mass is 420 g/mol. The van der Waals surface area contributed by atoms with Gasteiger partial charge < -0.3 is 25.2 Å². The molecule has 0 aliphatic heterocycles. The summed E-state index contributed by atoms with van der Waals surface area (Å²) >= 11 is 0. The van der Waals surface area contributed by atoms with Gasteiger partial charge in [-0.25, -0.2) is 4.79 Å². The van der Waals surface area contributed by atoms with Gasteiger partial charge in [0.2, 0.25) is 0 Å². The quantitative estimate of drug-likeness (QED) is 0.534. The largest absolute Gasteiger partial charge is 0.496 e. The maximum absolute atomic E-state index is 12.8. The van der Waals surface area contributed by atoms with E-state index in [1.165, 1.54) is 44.6 Å². The van der Waals surface area contributed by atoms with Crippen molar-refractivity contribution in [2.75, 3.05) is 24.9 Å². The standard InChI is InChI=1S/C23H20N2O6/c1-30-18-7-4-8-19(31-2)20(18)22(27)25-17-6-3-5-15(13-17)21(26)24-16-11-9-14(10-12-16)23(28)29/h3-13H,1-2H3,(H,24,26)(H,25,27)(H,28,29). The Kier molecular flexibility index (Phi) is 6.51. The predicted molar refractivity (Wildman–Crippen MR) is 115 cm³/mol. The maximum Gasteiger partial charge on any atom is 0.335 e. The van der Waals surface area contributed by atoms with E-state index in [2.05, 4.69) is 10.6 Å². The molecule has 31 heavy (non-hydrogen) atoms. The van der Waals surface area contributed by atoms with Crippen molar-refractivity contribution in [3.8, 4) is 11.5 Å². The van der Waals surface area contributed by atoms with Crippen LogP contribution in [-0.4, -0.2) is 37.1 Å². The number of methoxy groups -OCH3 is 2. The number of hydrogen-bond acceptors (Lipinski definition) is 5. The van der Waals surface area contributed by atoms with Crippen LogP contribution in [0.4, 0.5) is 11.4 Å². The number of carboxylic acids is 1. The fourth-order valence-corrected chi connectivity index (χ4v) is 2.91. The van der Waals surface area contributed by atoms with Crippen molar-refractivity contribution in [1.82, 2.24) is 0 Å². The molecular formula is C23H20N2O6. The van der Waals surface area contributed by atoms with Gasteiger partial charge in [-0.3, -0.25) is 9.59 Å². The third-order valence-corrected chi connectivity index (χ3v) is 4.43. The van der Waals surface area contributed by atoms with Crippen LogP contribution in [0, 0.1) is 0 Å². The second-order valence-corrected chi connectivity index (χ2v) is 6.41. The third kappa shape index (κ3) is 4.99. The molecule has 0 radical (unpaired) electrons. The van der Waals surface area contributed by atoms with Crippen LogP contribution < -0.4 is 20.1 Å². The maximum atomic E-state index is 12.8. The summed E-state index contributed by atoms with van der Waals surface area (Å²) in [6.07, 6.45) is 0. The number of carboxylic acid groups (broad SMARTS) is 1. The van der Waals surface area contributed by atoms with E-state index in [-0.39, 0.29) is 11.1 Å². The van der Waals surface area contributed by atoms with Crippen LogP contribution in [0.1, 0.15) is 31.1 Å². The van der Waals surface area contributed by atoms with Crippen molar-refractivity contribution in [3.05, 3.63) is 83.4 Å². The number of amides is 2. The highest BCUT2D eigenvalue weighted by Gasteiger charge is 2.19. The molecule has 0 aliphatic rings. The molecule has 8 heteroatoms. The summed E-state index contributed by atoms with van der Waals surface area (Å²) in [5.41, 5.74) is 1.53. The van der Waals surface area contributed by atoms with Crippen molar-refractivity contribution in [2.24, 2.45) is 0 Å². The smallest absolute Gasteiger partial charge is 0.335 e. The van der Waals surface area contributed by atoms with Gasteiger partial charge in [-0.15, -0.1) is 0 Å². The first-order valence-corrected chi connectivity index (χ1v) is 9.20. The van der Waals surface area contributed by atoms with Gasteiger partial charge in [-0.05, 0) is 54.6 Å². The van der Waals surface area contributed by atoms with Gasteiger partial charge >= 0.3 is 5.97 Å². The van der Waals surface area contributed by atoms with Crippen LogP contribution in [0.3, 0.4) is 0 Å². The molecule has 0 bridgehead atoms. The van der Waals surface area contributed by atoms with Crippen LogP contribution in [-0.2, 0) is 0 Å². The zero-order chi connectivity index (χ0) is 22.4. The first-order valence-electron chi connectivity index (χ1n) is 9.20. The summed E-state index contributed by atoms with van der Waals surface area (Å²) in [5.74, 6) is -1.19. The molecule has 0 spiro atoms. The van der Waals surface area contributed by atoms with Crippen LogP contribution in [0.5, 0.6) is 11.5 Å². The van der Waals surface area contributed by atoms with E-state index in [4.69, 9.17) is 14.6 Å². The van der Waals surface area contributed by atoms with E-state index < -0.39 is 17.8 Å². The first-order chi connectivity index (χ1) is 14.9. The molecule has 0 saturated carbocycles. The normalized spacial score (nSPS) is 10.1. The second-order valence-electron chi connectivity index (χ2n) is 6.41. The minimum atomic E-state index is -1.05. The predicted octanol–water partition coefficient (Wildman–Crippen LogP) is 3.91. The molecule has 3 N–H and O–H groups in total. The van der Waals surface area contributed by atoms with Gasteiger partial charge in [0.15, 0.2) is 0 Å². The summed E-state index contributed by atoms with van der Waals surface area (Å²) in [6, 6.07) is 17.2. The summed E-state index contributed by atoms with van der Waals surface area (Å²) in [7, 11) is 2.92. The molecule has 0 unspecified atom stereocenters. The molecule has 0 aromatic heterocycles. The molecule has 3 aromatic rings. The molecule has 0 saturated heterocycles. The summed E-state index contributed by atoms with van der Waals surface area (Å²) in [4.78, 5) is 36.3. The van der Waals surface area contributed by atoms with Crippen molar-refractivity contribution >= 4 is 29.2 Å². The third-order valence-electron chi connectivity index (χ3n) is 4.43. The number of benzene rings is 3. The molecule has 2 amide bonds. The number of carbonyl (C=O) groups is 3. The lowest BCUT2D eigenvalue weighted by Crippen LogP contribution is -2.16. The second kappa shape index (κ2) is 9.45. The zero-order valence-electron chi connectivity index (χ0n) is 16.8. The highest BCUT2D eigenvalue weighted by Crippen LogP contribution is 2.29. The van der Waals surface area contributed by atoms with Crippen molar-refractivity contribution in [1.29, 1.82) is 0 Å². The minimum Gasteiger partial charge on any atom is -0.496 e. The number of carbonyl (C=O) groups excluding carboxylic acids is 2. The SMILES string of the molecule is COc1cccc(OC)c1C(=O)Nc1cccc(C(=O)Nc2ccc(C(=O)O)cc2)c1. The van der Waals surface area contributed by atoms with Crippen LogP contribution in [0.2, 0.25) is 0 Å². The van der Waals surface area contributed by atoms with Gasteiger partial charge in [-0.2, -0.15) is 0 Å². The number of hydrogen-bond donors (Lipinski definition) is 3. The Bertz CT molecular complexity index is 1100. The van der Waals surface area contributed by atoms with E-state index in [0.29, 0.717) is 28.4 Å².